The van der Waals surface area contributed by atoms with Crippen molar-refractivity contribution in [2.45, 2.75) is 25.7 Å². The Bertz CT molecular complexity index is 694. The summed E-state index contributed by atoms with van der Waals surface area (Å²) in [7, 11) is 0. The SMILES string of the molecule is Cc1nc(Cl)ccc1CBr.Cc1nc(Cl)ccc1CN1CCOCC1. The first-order valence-electron chi connectivity index (χ1n) is 8.09. The molecule has 3 rings (SSSR count). The molecular formula is C18H22BrCl2N3O. The molecule has 0 N–H and O–H groups in total. The Balaban J connectivity index is 0.000000196. The highest BCUT2D eigenvalue weighted by molar-refractivity contribution is 9.08. The van der Waals surface area contributed by atoms with Crippen LogP contribution >= 0.6 is 39.1 Å². The van der Waals surface area contributed by atoms with Crippen LogP contribution in [0, 0.1) is 13.8 Å². The molecule has 0 atom stereocenters. The maximum absolute atomic E-state index is 5.81. The van der Waals surface area contributed by atoms with Crippen molar-refractivity contribution >= 4 is 39.1 Å². The zero-order chi connectivity index (χ0) is 18.2. The van der Waals surface area contributed by atoms with E-state index >= 15 is 0 Å². The molecule has 2 aromatic heterocycles. The normalized spacial score (nSPS) is 14.8. The Morgan fingerprint density at radius 1 is 0.960 bits per heavy atom. The van der Waals surface area contributed by atoms with Gasteiger partial charge in [0.15, 0.2) is 0 Å². The number of pyridine rings is 2. The predicted molar refractivity (Wildman–Crippen MR) is 107 cm³/mol. The summed E-state index contributed by atoms with van der Waals surface area (Å²) in [4.78, 5) is 10.7. The highest BCUT2D eigenvalue weighted by atomic mass is 79.9. The van der Waals surface area contributed by atoms with Crippen LogP contribution in [0.3, 0.4) is 0 Å². The fraction of sp³-hybridized carbons (Fsp3) is 0.444. The van der Waals surface area contributed by atoms with E-state index in [-0.39, 0.29) is 0 Å². The number of ether oxygens (including phenoxy) is 1. The van der Waals surface area contributed by atoms with Gasteiger partial charge in [0.25, 0.3) is 0 Å². The molecule has 0 spiro atoms. The average Bonchev–Trinajstić information content (AvgIpc) is 2.59. The molecule has 0 bridgehead atoms. The van der Waals surface area contributed by atoms with Crippen LogP contribution in [-0.4, -0.2) is 41.2 Å². The summed E-state index contributed by atoms with van der Waals surface area (Å²) in [5, 5.41) is 1.96. The van der Waals surface area contributed by atoms with Gasteiger partial charge in [-0.25, -0.2) is 9.97 Å². The molecule has 7 heteroatoms. The predicted octanol–water partition coefficient (Wildman–Crippen LogP) is 4.81. The van der Waals surface area contributed by atoms with E-state index in [9.17, 15) is 0 Å². The zero-order valence-electron chi connectivity index (χ0n) is 14.4. The summed E-state index contributed by atoms with van der Waals surface area (Å²) >= 11 is 14.8. The molecule has 1 fully saturated rings. The second-order valence-corrected chi connectivity index (χ2v) is 7.11. The smallest absolute Gasteiger partial charge is 0.129 e. The van der Waals surface area contributed by atoms with E-state index in [4.69, 9.17) is 27.9 Å². The van der Waals surface area contributed by atoms with E-state index < -0.39 is 0 Å². The lowest BCUT2D eigenvalue weighted by Crippen LogP contribution is -2.35. The highest BCUT2D eigenvalue weighted by Crippen LogP contribution is 2.14. The van der Waals surface area contributed by atoms with Gasteiger partial charge >= 0.3 is 0 Å². The largest absolute Gasteiger partial charge is 0.379 e. The van der Waals surface area contributed by atoms with Crippen molar-refractivity contribution in [3.05, 3.63) is 57.1 Å². The number of nitrogens with zero attached hydrogens (tertiary/aromatic N) is 3. The van der Waals surface area contributed by atoms with Crippen LogP contribution in [0.5, 0.6) is 0 Å². The summed E-state index contributed by atoms with van der Waals surface area (Å²) < 4.78 is 5.31. The second kappa shape index (κ2) is 10.4. The first kappa shape index (κ1) is 20.6. The van der Waals surface area contributed by atoms with Gasteiger partial charge < -0.3 is 4.74 Å². The number of morpholine rings is 1. The monoisotopic (exact) mass is 445 g/mol. The minimum absolute atomic E-state index is 0.558. The lowest BCUT2D eigenvalue weighted by molar-refractivity contribution is 0.0340. The lowest BCUT2D eigenvalue weighted by atomic mass is 10.2. The lowest BCUT2D eigenvalue weighted by Gasteiger charge is -2.26. The van der Waals surface area contributed by atoms with Crippen LogP contribution in [-0.2, 0) is 16.6 Å². The Hall–Kier alpha value is -0.720. The first-order valence-corrected chi connectivity index (χ1v) is 9.97. The van der Waals surface area contributed by atoms with Gasteiger partial charge in [0.1, 0.15) is 10.3 Å². The fourth-order valence-corrected chi connectivity index (χ4v) is 3.40. The van der Waals surface area contributed by atoms with E-state index in [1.807, 2.05) is 26.0 Å². The van der Waals surface area contributed by atoms with Crippen LogP contribution in [0.15, 0.2) is 24.3 Å². The van der Waals surface area contributed by atoms with E-state index in [2.05, 4.69) is 36.9 Å². The van der Waals surface area contributed by atoms with Crippen molar-refractivity contribution < 1.29 is 4.74 Å². The Morgan fingerprint density at radius 2 is 1.48 bits per heavy atom. The van der Waals surface area contributed by atoms with Gasteiger partial charge in [-0.3, -0.25) is 4.90 Å². The number of halogens is 3. The maximum Gasteiger partial charge on any atom is 0.129 e. The average molecular weight is 447 g/mol. The maximum atomic E-state index is 5.81. The molecule has 4 nitrogen and oxygen atoms in total. The van der Waals surface area contributed by atoms with E-state index in [1.54, 1.807) is 6.07 Å². The standard InChI is InChI=1S/C11H15ClN2O.C7H7BrClN/c1-9-10(2-3-11(12)13-9)8-14-4-6-15-7-5-14;1-5-6(4-8)2-3-7(9)10-5/h2-3H,4-8H2,1H3;2-3H,4H2,1H3. The molecule has 25 heavy (non-hydrogen) atoms. The van der Waals surface area contributed by atoms with E-state index in [0.29, 0.717) is 10.3 Å². The van der Waals surface area contributed by atoms with Gasteiger partial charge in [0.05, 0.1) is 13.2 Å². The minimum Gasteiger partial charge on any atom is -0.379 e. The van der Waals surface area contributed by atoms with Gasteiger partial charge in [0.2, 0.25) is 0 Å². The highest BCUT2D eigenvalue weighted by Gasteiger charge is 2.12. The number of aryl methyl sites for hydroxylation is 2. The van der Waals surface area contributed by atoms with Gasteiger partial charge in [-0.15, -0.1) is 0 Å². The van der Waals surface area contributed by atoms with Gasteiger partial charge in [0, 0.05) is 36.4 Å². The molecule has 0 radical (unpaired) electrons. The third-order valence-corrected chi connectivity index (χ3v) is 4.99. The van der Waals surface area contributed by atoms with Gasteiger partial charge in [-0.05, 0) is 37.1 Å². The van der Waals surface area contributed by atoms with Crippen LogP contribution in [0.1, 0.15) is 22.5 Å². The van der Waals surface area contributed by atoms with Gasteiger partial charge in [-0.2, -0.15) is 0 Å². The summed E-state index contributed by atoms with van der Waals surface area (Å²) in [6.45, 7) is 8.56. The first-order chi connectivity index (χ1) is 12.0. The van der Waals surface area contributed by atoms with Crippen molar-refractivity contribution in [1.82, 2.24) is 14.9 Å². The third kappa shape index (κ3) is 6.83. The number of hydrogen-bond acceptors (Lipinski definition) is 4. The molecule has 0 unspecified atom stereocenters. The van der Waals surface area contributed by atoms with Crippen molar-refractivity contribution in [2.75, 3.05) is 26.3 Å². The Morgan fingerprint density at radius 3 is 1.96 bits per heavy atom. The number of rotatable bonds is 3. The molecule has 0 amide bonds. The summed E-state index contributed by atoms with van der Waals surface area (Å²) in [5.74, 6) is 0. The Labute approximate surface area is 167 Å². The van der Waals surface area contributed by atoms with E-state index in [1.165, 1.54) is 11.1 Å². The molecular weight excluding hydrogens is 425 g/mol. The minimum atomic E-state index is 0.558. The second-order valence-electron chi connectivity index (χ2n) is 5.78. The fourth-order valence-electron chi connectivity index (χ4n) is 2.43. The topological polar surface area (TPSA) is 38.2 Å². The number of alkyl halides is 1. The van der Waals surface area contributed by atoms with Crippen LogP contribution < -0.4 is 0 Å². The quantitative estimate of drug-likeness (QED) is 0.500. The van der Waals surface area contributed by atoms with Crippen molar-refractivity contribution in [3.63, 3.8) is 0 Å². The summed E-state index contributed by atoms with van der Waals surface area (Å²) in [5.41, 5.74) is 4.45. The van der Waals surface area contributed by atoms with Crippen molar-refractivity contribution in [2.24, 2.45) is 0 Å². The van der Waals surface area contributed by atoms with Crippen molar-refractivity contribution in [3.8, 4) is 0 Å². The van der Waals surface area contributed by atoms with Crippen molar-refractivity contribution in [1.29, 1.82) is 0 Å². The molecule has 1 aliphatic rings. The molecule has 0 aromatic carbocycles. The summed E-state index contributed by atoms with van der Waals surface area (Å²) in [6, 6.07) is 7.68. The van der Waals surface area contributed by atoms with Gasteiger partial charge in [-0.1, -0.05) is 51.3 Å². The number of aromatic nitrogens is 2. The molecule has 1 saturated heterocycles. The number of hydrogen-bond donors (Lipinski definition) is 0. The Kier molecular flexibility index (Phi) is 8.59. The molecule has 0 aliphatic carbocycles. The van der Waals surface area contributed by atoms with E-state index in [0.717, 1.165) is 49.6 Å². The molecule has 1 aliphatic heterocycles. The molecule has 2 aromatic rings. The van der Waals surface area contributed by atoms with Crippen LogP contribution in [0.25, 0.3) is 0 Å². The zero-order valence-corrected chi connectivity index (χ0v) is 17.5. The van der Waals surface area contributed by atoms with Crippen LogP contribution in [0.2, 0.25) is 10.3 Å². The molecule has 0 saturated carbocycles. The molecule has 3 heterocycles. The summed E-state index contributed by atoms with van der Waals surface area (Å²) in [6.07, 6.45) is 0. The molecule has 136 valence electrons. The van der Waals surface area contributed by atoms with Crippen LogP contribution in [0.4, 0.5) is 0 Å². The third-order valence-electron chi connectivity index (χ3n) is 3.96.